The molecule has 0 unspecified atom stereocenters. The number of halogens is 3. The third-order valence-electron chi connectivity index (χ3n) is 7.52. The van der Waals surface area contributed by atoms with E-state index >= 15 is 0 Å². The number of imidazole rings is 1. The number of anilines is 2. The molecule has 14 heteroatoms. The standard InChI is InChI=1S/C31H34ClF2N5O5S/c1-31(2,3)44-30(40)38-19-7-5-18(6-8-19)17-45(41,42)25-12-9-20(15-22(25)32)37-28-29-36-16-23(39(29)14-13-35-28)21-10-11-24(43-4)27(34)26(21)33/h9-16,18-19H,5-8,17H2,1-4H3,(H,35,37)(H,38,40). The van der Waals surface area contributed by atoms with Crippen LogP contribution in [-0.4, -0.2) is 53.4 Å². The predicted molar refractivity (Wildman–Crippen MR) is 167 cm³/mol. The fourth-order valence-corrected chi connectivity index (χ4v) is 7.71. The Morgan fingerprint density at radius 2 is 1.82 bits per heavy atom. The van der Waals surface area contributed by atoms with Crippen LogP contribution in [0, 0.1) is 17.6 Å². The van der Waals surface area contributed by atoms with Crippen molar-refractivity contribution in [1.29, 1.82) is 0 Å². The van der Waals surface area contributed by atoms with Crippen molar-refractivity contribution in [1.82, 2.24) is 19.7 Å². The highest BCUT2D eigenvalue weighted by Gasteiger charge is 2.29. The van der Waals surface area contributed by atoms with Crippen LogP contribution in [0.15, 0.2) is 53.8 Å². The Bertz CT molecular complexity index is 1840. The molecule has 240 valence electrons. The number of carbonyl (C=O) groups is 1. The van der Waals surface area contributed by atoms with Crippen molar-refractivity contribution < 1.29 is 31.5 Å². The average Bonchev–Trinajstić information content (AvgIpc) is 3.39. The maximum Gasteiger partial charge on any atom is 0.407 e. The van der Waals surface area contributed by atoms with E-state index in [1.165, 1.54) is 43.8 Å². The van der Waals surface area contributed by atoms with Crippen molar-refractivity contribution in [2.24, 2.45) is 5.92 Å². The van der Waals surface area contributed by atoms with E-state index in [9.17, 15) is 22.0 Å². The van der Waals surface area contributed by atoms with Gasteiger partial charge >= 0.3 is 6.09 Å². The molecule has 5 rings (SSSR count). The van der Waals surface area contributed by atoms with Crippen molar-refractivity contribution in [3.8, 4) is 17.0 Å². The van der Waals surface area contributed by atoms with Crippen LogP contribution in [0.5, 0.6) is 5.75 Å². The van der Waals surface area contributed by atoms with Gasteiger partial charge in [-0.3, -0.25) is 4.40 Å². The summed E-state index contributed by atoms with van der Waals surface area (Å²) in [6.45, 7) is 5.39. The summed E-state index contributed by atoms with van der Waals surface area (Å²) in [5.41, 5.74) is 0.478. The summed E-state index contributed by atoms with van der Waals surface area (Å²) in [5.74, 6) is -2.22. The van der Waals surface area contributed by atoms with Crippen LogP contribution in [0.4, 0.5) is 25.1 Å². The number of benzene rings is 2. The van der Waals surface area contributed by atoms with E-state index in [1.807, 2.05) is 0 Å². The molecule has 10 nitrogen and oxygen atoms in total. The van der Waals surface area contributed by atoms with Gasteiger partial charge in [0.2, 0.25) is 5.82 Å². The maximum absolute atomic E-state index is 14.8. The molecule has 1 saturated carbocycles. The summed E-state index contributed by atoms with van der Waals surface area (Å²) < 4.78 is 67.6. The lowest BCUT2D eigenvalue weighted by Gasteiger charge is -2.30. The molecule has 2 aromatic carbocycles. The number of amides is 1. The molecule has 45 heavy (non-hydrogen) atoms. The number of sulfone groups is 1. The summed E-state index contributed by atoms with van der Waals surface area (Å²) in [6.07, 6.45) is 6.56. The maximum atomic E-state index is 14.8. The number of fused-ring (bicyclic) bond motifs is 1. The van der Waals surface area contributed by atoms with Crippen molar-refractivity contribution in [2.75, 3.05) is 18.2 Å². The Morgan fingerprint density at radius 3 is 2.49 bits per heavy atom. The highest BCUT2D eigenvalue weighted by atomic mass is 35.5. The molecule has 0 atom stereocenters. The first-order valence-electron chi connectivity index (χ1n) is 14.4. The van der Waals surface area contributed by atoms with Gasteiger partial charge in [0.15, 0.2) is 32.9 Å². The fraction of sp³-hybridized carbons (Fsp3) is 0.387. The lowest BCUT2D eigenvalue weighted by atomic mass is 9.87. The van der Waals surface area contributed by atoms with Crippen LogP contribution in [0.25, 0.3) is 16.9 Å². The van der Waals surface area contributed by atoms with Gasteiger partial charge in [-0.15, -0.1) is 0 Å². The second-order valence-corrected chi connectivity index (χ2v) is 14.4. The van der Waals surface area contributed by atoms with Crippen LogP contribution in [0.1, 0.15) is 46.5 Å². The van der Waals surface area contributed by atoms with Crippen LogP contribution < -0.4 is 15.4 Å². The van der Waals surface area contributed by atoms with Crippen LogP contribution in [0.3, 0.4) is 0 Å². The fourth-order valence-electron chi connectivity index (χ4n) is 5.41. The number of hydrogen-bond donors (Lipinski definition) is 2. The first-order chi connectivity index (χ1) is 21.3. The topological polar surface area (TPSA) is 124 Å². The monoisotopic (exact) mass is 661 g/mol. The summed E-state index contributed by atoms with van der Waals surface area (Å²) >= 11 is 6.48. The average molecular weight is 662 g/mol. The number of alkyl carbamates (subject to hydrolysis) is 1. The minimum Gasteiger partial charge on any atom is -0.494 e. The van der Waals surface area contributed by atoms with Crippen molar-refractivity contribution in [2.45, 2.75) is 63.0 Å². The molecule has 2 aromatic heterocycles. The third-order valence-corrected chi connectivity index (χ3v) is 9.88. The van der Waals surface area contributed by atoms with Gasteiger partial charge in [-0.1, -0.05) is 11.6 Å². The summed E-state index contributed by atoms with van der Waals surface area (Å²) in [5, 5.41) is 6.00. The number of carbonyl (C=O) groups excluding carboxylic acids is 1. The van der Waals surface area contributed by atoms with Gasteiger partial charge in [0.25, 0.3) is 0 Å². The Morgan fingerprint density at radius 1 is 1.09 bits per heavy atom. The highest BCUT2D eigenvalue weighted by molar-refractivity contribution is 7.91. The Balaban J connectivity index is 1.26. The highest BCUT2D eigenvalue weighted by Crippen LogP contribution is 2.34. The molecule has 0 aliphatic heterocycles. The van der Waals surface area contributed by atoms with Gasteiger partial charge in [-0.05, 0) is 82.7 Å². The number of methoxy groups -OCH3 is 1. The van der Waals surface area contributed by atoms with E-state index in [-0.39, 0.29) is 38.9 Å². The normalized spacial score (nSPS) is 17.2. The van der Waals surface area contributed by atoms with Gasteiger partial charge in [-0.2, -0.15) is 4.39 Å². The zero-order chi connectivity index (χ0) is 32.5. The van der Waals surface area contributed by atoms with Crippen LogP contribution in [0.2, 0.25) is 5.02 Å². The minimum atomic E-state index is -3.70. The van der Waals surface area contributed by atoms with Crippen molar-refractivity contribution >= 4 is 44.7 Å². The van der Waals surface area contributed by atoms with Crippen LogP contribution >= 0.6 is 11.6 Å². The zero-order valence-corrected chi connectivity index (χ0v) is 26.8. The SMILES string of the molecule is COc1ccc(-c2cnc3c(Nc4ccc(S(=O)(=O)CC5CCC(NC(=O)OC(C)(C)C)CC5)c(Cl)c4)nccn23)c(F)c1F. The lowest BCUT2D eigenvalue weighted by Crippen LogP contribution is -2.41. The van der Waals surface area contributed by atoms with Gasteiger partial charge in [0.1, 0.15) is 5.60 Å². The molecule has 0 radical (unpaired) electrons. The smallest absolute Gasteiger partial charge is 0.407 e. The summed E-state index contributed by atoms with van der Waals surface area (Å²) in [4.78, 5) is 20.8. The van der Waals surface area contributed by atoms with Crippen molar-refractivity contribution in [3.63, 3.8) is 0 Å². The van der Waals surface area contributed by atoms with Crippen molar-refractivity contribution in [3.05, 3.63) is 65.6 Å². The van der Waals surface area contributed by atoms with Gasteiger partial charge in [0.05, 0.1) is 34.7 Å². The minimum absolute atomic E-state index is 0.0108. The number of rotatable bonds is 8. The molecule has 1 aliphatic rings. The first-order valence-corrected chi connectivity index (χ1v) is 16.4. The van der Waals surface area contributed by atoms with Gasteiger partial charge in [-0.25, -0.2) is 27.6 Å². The van der Waals surface area contributed by atoms with Gasteiger partial charge in [0, 0.05) is 29.7 Å². The molecule has 1 aliphatic carbocycles. The third kappa shape index (κ3) is 7.30. The molecule has 2 N–H and O–H groups in total. The predicted octanol–water partition coefficient (Wildman–Crippen LogP) is 6.94. The summed E-state index contributed by atoms with van der Waals surface area (Å²) in [7, 11) is -2.44. The molecule has 4 aromatic rings. The van der Waals surface area contributed by atoms with Gasteiger partial charge < -0.3 is 20.1 Å². The molecule has 0 spiro atoms. The second-order valence-electron chi connectivity index (χ2n) is 12.0. The van der Waals surface area contributed by atoms with E-state index in [0.717, 1.165) is 0 Å². The quantitative estimate of drug-likeness (QED) is 0.208. The first kappa shape index (κ1) is 32.4. The van der Waals surface area contributed by atoms with E-state index in [4.69, 9.17) is 21.1 Å². The Kier molecular flexibility index (Phi) is 9.22. The number of nitrogens with zero attached hydrogens (tertiary/aromatic N) is 3. The molecule has 0 bridgehead atoms. The molecular weight excluding hydrogens is 628 g/mol. The van der Waals surface area contributed by atoms with E-state index in [2.05, 4.69) is 20.6 Å². The molecular formula is C31H34ClF2N5O5S. The van der Waals surface area contributed by atoms with E-state index in [0.29, 0.717) is 48.5 Å². The summed E-state index contributed by atoms with van der Waals surface area (Å²) in [6, 6.07) is 7.19. The molecule has 1 fully saturated rings. The molecule has 2 heterocycles. The number of ether oxygens (including phenoxy) is 2. The largest absolute Gasteiger partial charge is 0.494 e. The number of nitrogens with one attached hydrogen (secondary N) is 2. The van der Waals surface area contributed by atoms with E-state index in [1.54, 1.807) is 37.4 Å². The molecule has 1 amide bonds. The zero-order valence-electron chi connectivity index (χ0n) is 25.2. The number of hydrogen-bond acceptors (Lipinski definition) is 8. The Labute approximate surface area is 265 Å². The number of aromatic nitrogens is 3. The second kappa shape index (κ2) is 12.8. The van der Waals surface area contributed by atoms with E-state index < -0.39 is 33.2 Å². The lowest BCUT2D eigenvalue weighted by molar-refractivity contribution is 0.0488. The molecule has 0 saturated heterocycles. The van der Waals surface area contributed by atoms with Crippen LogP contribution in [-0.2, 0) is 14.6 Å². The Hall–Kier alpha value is -3.97.